The smallest absolute Gasteiger partial charge is 0.0739 e. The van der Waals surface area contributed by atoms with Crippen molar-refractivity contribution in [3.05, 3.63) is 36.4 Å². The van der Waals surface area contributed by atoms with Gasteiger partial charge in [0.05, 0.1) is 9.52 Å². The minimum atomic E-state index is -0.219. The van der Waals surface area contributed by atoms with Crippen LogP contribution in [0.15, 0.2) is 30.8 Å². The van der Waals surface area contributed by atoms with Gasteiger partial charge in [0.25, 0.3) is 0 Å². The van der Waals surface area contributed by atoms with Crippen molar-refractivity contribution < 1.29 is 0 Å². The fourth-order valence-electron chi connectivity index (χ4n) is 2.52. The zero-order valence-electron chi connectivity index (χ0n) is 13.1. The quantitative estimate of drug-likeness (QED) is 0.659. The van der Waals surface area contributed by atoms with Crippen molar-refractivity contribution >= 4 is 20.3 Å². The molecule has 0 spiro atoms. The van der Waals surface area contributed by atoms with Gasteiger partial charge in [-0.1, -0.05) is 62.4 Å². The standard InChI is InChI=1S/C17H29NSi/c1-6-12-18(13-7-2)15(5)19-17-10-8-16(9-11-17)14(3)4/h8-11,15H,3,6-7,12-13,19H2,1-2,4-5H3. The summed E-state index contributed by atoms with van der Waals surface area (Å²) in [6.45, 7) is 15.5. The number of nitrogens with zero attached hydrogens (tertiary/aromatic N) is 1. The molecule has 0 fully saturated rings. The van der Waals surface area contributed by atoms with E-state index in [-0.39, 0.29) is 9.52 Å². The molecule has 0 bridgehead atoms. The monoisotopic (exact) mass is 275 g/mol. The lowest BCUT2D eigenvalue weighted by Gasteiger charge is -2.28. The maximum atomic E-state index is 4.00. The van der Waals surface area contributed by atoms with Crippen LogP contribution < -0.4 is 5.19 Å². The van der Waals surface area contributed by atoms with Crippen molar-refractivity contribution in [1.82, 2.24) is 4.90 Å². The predicted octanol–water partition coefficient (Wildman–Crippen LogP) is 2.98. The molecule has 0 heterocycles. The Morgan fingerprint density at radius 3 is 2.11 bits per heavy atom. The molecule has 1 atom stereocenters. The zero-order valence-corrected chi connectivity index (χ0v) is 14.5. The Hall–Kier alpha value is -0.863. The van der Waals surface area contributed by atoms with Crippen molar-refractivity contribution in [2.45, 2.75) is 46.2 Å². The average molecular weight is 276 g/mol. The molecule has 1 aromatic rings. The van der Waals surface area contributed by atoms with Gasteiger partial charge in [-0.25, -0.2) is 0 Å². The van der Waals surface area contributed by atoms with E-state index in [1.54, 1.807) is 5.19 Å². The van der Waals surface area contributed by atoms with Crippen LogP contribution in [0, 0.1) is 0 Å². The second-order valence-electron chi connectivity index (χ2n) is 5.57. The first-order valence-electron chi connectivity index (χ1n) is 7.57. The molecule has 0 amide bonds. The van der Waals surface area contributed by atoms with Crippen molar-refractivity contribution in [2.24, 2.45) is 0 Å². The minimum absolute atomic E-state index is 0.219. The second-order valence-corrected chi connectivity index (χ2v) is 7.97. The van der Waals surface area contributed by atoms with Crippen molar-refractivity contribution in [3.8, 4) is 0 Å². The Labute approximate surface area is 121 Å². The Balaban J connectivity index is 2.63. The lowest BCUT2D eigenvalue weighted by atomic mass is 10.1. The third kappa shape index (κ3) is 5.33. The summed E-state index contributed by atoms with van der Waals surface area (Å²) in [7, 11) is -0.219. The molecule has 0 aliphatic carbocycles. The molecule has 0 radical (unpaired) electrons. The van der Waals surface area contributed by atoms with E-state index >= 15 is 0 Å². The zero-order chi connectivity index (χ0) is 14.3. The van der Waals surface area contributed by atoms with Crippen LogP contribution in [0.2, 0.25) is 0 Å². The normalized spacial score (nSPS) is 13.3. The van der Waals surface area contributed by atoms with Gasteiger partial charge >= 0.3 is 0 Å². The van der Waals surface area contributed by atoms with Gasteiger partial charge < -0.3 is 4.90 Å². The first-order valence-corrected chi connectivity index (χ1v) is 9.09. The van der Waals surface area contributed by atoms with Gasteiger partial charge in [-0.05, 0) is 44.1 Å². The third-order valence-electron chi connectivity index (χ3n) is 3.62. The SMILES string of the molecule is C=C(C)c1ccc([SiH2]C(C)N(CCC)CCC)cc1. The lowest BCUT2D eigenvalue weighted by molar-refractivity contribution is 0.261. The molecule has 19 heavy (non-hydrogen) atoms. The van der Waals surface area contributed by atoms with Gasteiger partial charge in [0.2, 0.25) is 0 Å². The molecule has 1 nitrogen and oxygen atoms in total. The van der Waals surface area contributed by atoms with Gasteiger partial charge in [0, 0.05) is 0 Å². The number of hydrogen-bond donors (Lipinski definition) is 0. The molecular formula is C17H29NSi. The number of rotatable bonds is 8. The lowest BCUT2D eigenvalue weighted by Crippen LogP contribution is -2.42. The number of hydrogen-bond acceptors (Lipinski definition) is 1. The Morgan fingerprint density at radius 2 is 1.68 bits per heavy atom. The van der Waals surface area contributed by atoms with Crippen LogP contribution in [-0.4, -0.2) is 33.2 Å². The summed E-state index contributed by atoms with van der Waals surface area (Å²) in [6, 6.07) is 9.06. The van der Waals surface area contributed by atoms with Crippen LogP contribution in [-0.2, 0) is 0 Å². The maximum absolute atomic E-state index is 4.00. The van der Waals surface area contributed by atoms with Crippen LogP contribution >= 0.6 is 0 Å². The van der Waals surface area contributed by atoms with Crippen LogP contribution in [0.25, 0.3) is 5.57 Å². The molecule has 0 aliphatic rings. The third-order valence-corrected chi connectivity index (χ3v) is 5.67. The van der Waals surface area contributed by atoms with Gasteiger partial charge in [-0.15, -0.1) is 0 Å². The first kappa shape index (κ1) is 16.2. The van der Waals surface area contributed by atoms with Crippen LogP contribution in [0.4, 0.5) is 0 Å². The van der Waals surface area contributed by atoms with Crippen molar-refractivity contribution in [2.75, 3.05) is 13.1 Å². The van der Waals surface area contributed by atoms with Crippen LogP contribution in [0.5, 0.6) is 0 Å². The molecule has 0 aliphatic heterocycles. The Kier molecular flexibility index (Phi) is 7.10. The predicted molar refractivity (Wildman–Crippen MR) is 90.9 cm³/mol. The Morgan fingerprint density at radius 1 is 1.16 bits per heavy atom. The molecule has 0 N–H and O–H groups in total. The summed E-state index contributed by atoms with van der Waals surface area (Å²) in [6.07, 6.45) is 2.51. The fraction of sp³-hybridized carbons (Fsp3) is 0.529. The highest BCUT2D eigenvalue weighted by molar-refractivity contribution is 6.54. The summed E-state index contributed by atoms with van der Waals surface area (Å²) in [5.41, 5.74) is 3.18. The molecule has 1 rings (SSSR count). The summed E-state index contributed by atoms with van der Waals surface area (Å²) < 4.78 is 0. The number of allylic oxidation sites excluding steroid dienone is 1. The van der Waals surface area contributed by atoms with Crippen LogP contribution in [0.3, 0.4) is 0 Å². The molecule has 0 saturated heterocycles. The molecule has 106 valence electrons. The topological polar surface area (TPSA) is 3.24 Å². The van der Waals surface area contributed by atoms with E-state index in [0.29, 0.717) is 0 Å². The highest BCUT2D eigenvalue weighted by atomic mass is 28.2. The fourth-order valence-corrected chi connectivity index (χ4v) is 4.34. The second kappa shape index (κ2) is 8.34. The highest BCUT2D eigenvalue weighted by Gasteiger charge is 2.13. The van der Waals surface area contributed by atoms with Gasteiger partial charge in [-0.2, -0.15) is 0 Å². The van der Waals surface area contributed by atoms with E-state index in [9.17, 15) is 0 Å². The summed E-state index contributed by atoms with van der Waals surface area (Å²) in [5, 5.41) is 1.56. The van der Waals surface area contributed by atoms with Crippen molar-refractivity contribution in [3.63, 3.8) is 0 Å². The van der Waals surface area contributed by atoms with Gasteiger partial charge in [-0.3, -0.25) is 0 Å². The first-order chi connectivity index (χ1) is 9.08. The summed E-state index contributed by atoms with van der Waals surface area (Å²) in [5.74, 6) is 0. The van der Waals surface area contributed by atoms with E-state index in [2.05, 4.69) is 63.4 Å². The molecule has 0 aromatic heterocycles. The summed E-state index contributed by atoms with van der Waals surface area (Å²) in [4.78, 5) is 2.67. The Bertz CT molecular complexity index is 377. The molecular weight excluding hydrogens is 246 g/mol. The minimum Gasteiger partial charge on any atom is -0.304 e. The molecule has 2 heteroatoms. The largest absolute Gasteiger partial charge is 0.304 e. The molecule has 0 saturated carbocycles. The van der Waals surface area contributed by atoms with E-state index in [1.165, 1.54) is 31.5 Å². The molecule has 1 aromatic carbocycles. The maximum Gasteiger partial charge on any atom is 0.0739 e. The average Bonchev–Trinajstić information content (AvgIpc) is 2.39. The van der Waals surface area contributed by atoms with Crippen LogP contribution in [0.1, 0.15) is 46.1 Å². The number of benzene rings is 1. The molecule has 1 unspecified atom stereocenters. The van der Waals surface area contributed by atoms with Crippen molar-refractivity contribution in [1.29, 1.82) is 0 Å². The van der Waals surface area contributed by atoms with Gasteiger partial charge in [0.15, 0.2) is 0 Å². The highest BCUT2D eigenvalue weighted by Crippen LogP contribution is 2.09. The van der Waals surface area contributed by atoms with E-state index in [0.717, 1.165) is 11.2 Å². The van der Waals surface area contributed by atoms with E-state index in [1.807, 2.05) is 0 Å². The van der Waals surface area contributed by atoms with E-state index < -0.39 is 0 Å². The summed E-state index contributed by atoms with van der Waals surface area (Å²) >= 11 is 0. The van der Waals surface area contributed by atoms with E-state index in [4.69, 9.17) is 0 Å². The van der Waals surface area contributed by atoms with Gasteiger partial charge in [0.1, 0.15) is 0 Å².